The standard InChI is InChI=1S/C18H20ClIN2O3S2/c1-27(24,25)22(16-7-5-15(20)6-8-16)13-18(23)21-11-2-12-26-17-9-3-14(19)4-10-17/h3-10H,2,11-13H2,1H3,(H,21,23). The Labute approximate surface area is 183 Å². The lowest BCUT2D eigenvalue weighted by Crippen LogP contribution is -2.40. The summed E-state index contributed by atoms with van der Waals surface area (Å²) in [5.74, 6) is 0.518. The van der Waals surface area contributed by atoms with E-state index in [1.165, 1.54) is 0 Å². The average molecular weight is 539 g/mol. The number of nitrogens with zero attached hydrogens (tertiary/aromatic N) is 1. The van der Waals surface area contributed by atoms with Gasteiger partial charge in [0.05, 0.1) is 11.9 Å². The van der Waals surface area contributed by atoms with E-state index in [-0.39, 0.29) is 12.5 Å². The summed E-state index contributed by atoms with van der Waals surface area (Å²) in [4.78, 5) is 13.3. The zero-order chi connectivity index (χ0) is 19.9. The molecule has 0 aromatic heterocycles. The Morgan fingerprint density at radius 3 is 2.37 bits per heavy atom. The molecule has 1 N–H and O–H groups in total. The fraction of sp³-hybridized carbons (Fsp3) is 0.278. The van der Waals surface area contributed by atoms with Crippen LogP contribution in [0.1, 0.15) is 6.42 Å². The highest BCUT2D eigenvalue weighted by Gasteiger charge is 2.20. The van der Waals surface area contributed by atoms with E-state index in [1.54, 1.807) is 36.0 Å². The molecule has 0 aliphatic heterocycles. The van der Waals surface area contributed by atoms with Crippen LogP contribution in [0.4, 0.5) is 5.69 Å². The van der Waals surface area contributed by atoms with E-state index in [0.29, 0.717) is 17.3 Å². The normalized spacial score (nSPS) is 11.2. The quantitative estimate of drug-likeness (QED) is 0.298. The van der Waals surface area contributed by atoms with Crippen LogP contribution in [0.5, 0.6) is 0 Å². The van der Waals surface area contributed by atoms with Crippen molar-refractivity contribution in [3.05, 3.63) is 57.1 Å². The molecule has 27 heavy (non-hydrogen) atoms. The van der Waals surface area contributed by atoms with Gasteiger partial charge in [-0.1, -0.05) is 11.6 Å². The molecule has 0 aliphatic rings. The molecule has 0 heterocycles. The van der Waals surface area contributed by atoms with Crippen molar-refractivity contribution in [1.82, 2.24) is 5.32 Å². The summed E-state index contributed by atoms with van der Waals surface area (Å²) in [7, 11) is -3.55. The second-order valence-corrected chi connectivity index (χ2v) is 10.5. The van der Waals surface area contributed by atoms with Crippen molar-refractivity contribution in [3.63, 3.8) is 0 Å². The molecule has 0 saturated heterocycles. The lowest BCUT2D eigenvalue weighted by molar-refractivity contribution is -0.119. The van der Waals surface area contributed by atoms with E-state index in [4.69, 9.17) is 11.6 Å². The molecule has 0 saturated carbocycles. The summed E-state index contributed by atoms with van der Waals surface area (Å²) in [6.45, 7) is 0.257. The summed E-state index contributed by atoms with van der Waals surface area (Å²) >= 11 is 9.67. The first-order valence-electron chi connectivity index (χ1n) is 8.14. The van der Waals surface area contributed by atoms with Gasteiger partial charge in [0.15, 0.2) is 0 Å². The molecular weight excluding hydrogens is 519 g/mol. The topological polar surface area (TPSA) is 66.5 Å². The predicted molar refractivity (Wildman–Crippen MR) is 121 cm³/mol. The number of hydrogen-bond acceptors (Lipinski definition) is 4. The minimum absolute atomic E-state index is 0.232. The number of hydrogen-bond donors (Lipinski definition) is 1. The molecular formula is C18H20ClIN2O3S2. The van der Waals surface area contributed by atoms with Gasteiger partial charge in [-0.3, -0.25) is 9.10 Å². The zero-order valence-corrected chi connectivity index (χ0v) is 19.2. The van der Waals surface area contributed by atoms with Crippen LogP contribution in [0.25, 0.3) is 0 Å². The number of amides is 1. The number of anilines is 1. The first-order valence-corrected chi connectivity index (χ1v) is 12.4. The largest absolute Gasteiger partial charge is 0.354 e. The molecule has 0 aliphatic carbocycles. The van der Waals surface area contributed by atoms with Gasteiger partial charge in [-0.05, 0) is 83.3 Å². The number of thioether (sulfide) groups is 1. The summed E-state index contributed by atoms with van der Waals surface area (Å²) in [6.07, 6.45) is 1.88. The zero-order valence-electron chi connectivity index (χ0n) is 14.7. The number of rotatable bonds is 9. The van der Waals surface area contributed by atoms with E-state index in [9.17, 15) is 13.2 Å². The van der Waals surface area contributed by atoms with Crippen molar-refractivity contribution in [1.29, 1.82) is 0 Å². The van der Waals surface area contributed by atoms with Gasteiger partial charge in [-0.25, -0.2) is 8.42 Å². The van der Waals surface area contributed by atoms with Crippen LogP contribution in [-0.4, -0.2) is 39.4 Å². The van der Waals surface area contributed by atoms with Gasteiger partial charge in [0.1, 0.15) is 6.54 Å². The number of sulfonamides is 1. The van der Waals surface area contributed by atoms with Gasteiger partial charge in [0, 0.05) is 20.0 Å². The van der Waals surface area contributed by atoms with E-state index in [2.05, 4.69) is 27.9 Å². The summed E-state index contributed by atoms with van der Waals surface area (Å²) < 4.78 is 26.2. The lowest BCUT2D eigenvalue weighted by Gasteiger charge is -2.22. The number of halogens is 2. The fourth-order valence-electron chi connectivity index (χ4n) is 2.21. The van der Waals surface area contributed by atoms with Crippen LogP contribution in [0.3, 0.4) is 0 Å². The van der Waals surface area contributed by atoms with Crippen LogP contribution in [0.2, 0.25) is 5.02 Å². The van der Waals surface area contributed by atoms with Crippen LogP contribution >= 0.6 is 46.0 Å². The van der Waals surface area contributed by atoms with E-state index in [1.807, 2.05) is 24.3 Å². The molecule has 9 heteroatoms. The highest BCUT2D eigenvalue weighted by molar-refractivity contribution is 14.1. The fourth-order valence-corrected chi connectivity index (χ4v) is 4.41. The van der Waals surface area contributed by atoms with Crippen molar-refractivity contribution >= 4 is 67.6 Å². The molecule has 0 bridgehead atoms. The van der Waals surface area contributed by atoms with Crippen LogP contribution < -0.4 is 9.62 Å². The smallest absolute Gasteiger partial charge is 0.240 e. The average Bonchev–Trinajstić information content (AvgIpc) is 2.61. The third kappa shape index (κ3) is 7.89. The maximum atomic E-state index is 12.2. The molecule has 1 amide bonds. The molecule has 0 fully saturated rings. The van der Waals surface area contributed by atoms with Crippen molar-refractivity contribution in [2.75, 3.05) is 29.4 Å². The predicted octanol–water partition coefficient (Wildman–Crippen LogP) is 4.01. The van der Waals surface area contributed by atoms with Gasteiger partial charge in [-0.15, -0.1) is 11.8 Å². The first-order chi connectivity index (χ1) is 12.8. The Morgan fingerprint density at radius 1 is 1.15 bits per heavy atom. The maximum Gasteiger partial charge on any atom is 0.240 e. The summed E-state index contributed by atoms with van der Waals surface area (Å²) in [5.41, 5.74) is 0.478. The minimum Gasteiger partial charge on any atom is -0.354 e. The number of carbonyl (C=O) groups excluding carboxylic acids is 1. The monoisotopic (exact) mass is 538 g/mol. The third-order valence-corrected chi connectivity index (χ3v) is 6.74. The molecule has 2 aromatic rings. The highest BCUT2D eigenvalue weighted by Crippen LogP contribution is 2.21. The summed E-state index contributed by atoms with van der Waals surface area (Å²) in [5, 5.41) is 3.48. The number of benzene rings is 2. The van der Waals surface area contributed by atoms with Gasteiger partial charge in [-0.2, -0.15) is 0 Å². The van der Waals surface area contributed by atoms with Gasteiger partial charge >= 0.3 is 0 Å². The Bertz CT molecular complexity index is 859. The summed E-state index contributed by atoms with van der Waals surface area (Å²) in [6, 6.07) is 14.6. The van der Waals surface area contributed by atoms with Gasteiger partial charge in [0.2, 0.25) is 15.9 Å². The number of carbonyl (C=O) groups is 1. The second-order valence-electron chi connectivity index (χ2n) is 5.75. The Kier molecular flexibility index (Phi) is 8.71. The highest BCUT2D eigenvalue weighted by atomic mass is 127. The van der Waals surface area contributed by atoms with Gasteiger partial charge < -0.3 is 5.32 Å². The molecule has 5 nitrogen and oxygen atoms in total. The molecule has 0 atom stereocenters. The van der Waals surface area contributed by atoms with Crippen LogP contribution in [0, 0.1) is 3.57 Å². The van der Waals surface area contributed by atoms with Crippen molar-refractivity contribution in [3.8, 4) is 0 Å². The van der Waals surface area contributed by atoms with Crippen LogP contribution in [-0.2, 0) is 14.8 Å². The Balaban J connectivity index is 1.80. The Morgan fingerprint density at radius 2 is 1.78 bits per heavy atom. The van der Waals surface area contributed by atoms with E-state index < -0.39 is 10.0 Å². The van der Waals surface area contributed by atoms with Gasteiger partial charge in [0.25, 0.3) is 0 Å². The molecule has 0 spiro atoms. The molecule has 2 rings (SSSR count). The van der Waals surface area contributed by atoms with Crippen molar-refractivity contribution in [2.45, 2.75) is 11.3 Å². The van der Waals surface area contributed by atoms with Crippen molar-refractivity contribution < 1.29 is 13.2 Å². The number of nitrogens with one attached hydrogen (secondary N) is 1. The molecule has 0 radical (unpaired) electrons. The van der Waals surface area contributed by atoms with Crippen molar-refractivity contribution in [2.24, 2.45) is 0 Å². The SMILES string of the molecule is CS(=O)(=O)N(CC(=O)NCCCSc1ccc(Cl)cc1)c1ccc(I)cc1. The van der Waals surface area contributed by atoms with Crippen LogP contribution in [0.15, 0.2) is 53.4 Å². The lowest BCUT2D eigenvalue weighted by atomic mass is 10.3. The Hall–Kier alpha value is -0.970. The molecule has 146 valence electrons. The maximum absolute atomic E-state index is 12.2. The molecule has 2 aromatic carbocycles. The van der Waals surface area contributed by atoms with E-state index >= 15 is 0 Å². The second kappa shape index (κ2) is 10.5. The third-order valence-electron chi connectivity index (χ3n) is 3.53. The first kappa shape index (κ1) is 22.3. The van der Waals surface area contributed by atoms with E-state index in [0.717, 1.165) is 31.2 Å². The minimum atomic E-state index is -3.55. The molecule has 0 unspecified atom stereocenters.